The first kappa shape index (κ1) is 14.6. The molecule has 0 aliphatic carbocycles. The second-order valence-electron chi connectivity index (χ2n) is 5.72. The zero-order valence-electron chi connectivity index (χ0n) is 12.5. The molecule has 0 N–H and O–H groups in total. The summed E-state index contributed by atoms with van der Waals surface area (Å²) in [6.07, 6.45) is 2.13. The third-order valence-electron chi connectivity index (χ3n) is 3.71. The summed E-state index contributed by atoms with van der Waals surface area (Å²) in [7, 11) is 0. The van der Waals surface area contributed by atoms with Gasteiger partial charge in [0, 0.05) is 23.3 Å². The van der Waals surface area contributed by atoms with Crippen molar-refractivity contribution in [2.45, 2.75) is 26.2 Å². The van der Waals surface area contributed by atoms with E-state index in [1.54, 1.807) is 6.20 Å². The van der Waals surface area contributed by atoms with Crippen LogP contribution in [-0.4, -0.2) is 10.2 Å². The first-order valence-corrected chi connectivity index (χ1v) is 7.22. The molecule has 0 spiro atoms. The Morgan fingerprint density at radius 2 is 1.86 bits per heavy atom. The maximum Gasteiger partial charge on any atom is 0.129 e. The van der Waals surface area contributed by atoms with Crippen LogP contribution in [0.3, 0.4) is 0 Å². The van der Waals surface area contributed by atoms with Crippen molar-refractivity contribution < 1.29 is 8.78 Å². The van der Waals surface area contributed by atoms with E-state index in [9.17, 15) is 8.78 Å². The van der Waals surface area contributed by atoms with Gasteiger partial charge >= 0.3 is 0 Å². The summed E-state index contributed by atoms with van der Waals surface area (Å²) >= 11 is 0. The Balaban J connectivity index is 1.99. The van der Waals surface area contributed by atoms with Crippen LogP contribution in [0.4, 0.5) is 8.78 Å². The highest BCUT2D eigenvalue weighted by Crippen LogP contribution is 2.24. The van der Waals surface area contributed by atoms with Crippen LogP contribution in [0.15, 0.2) is 42.6 Å². The molecule has 4 heteroatoms. The molecule has 112 valence electrons. The lowest BCUT2D eigenvalue weighted by atomic mass is 9.98. The molecule has 0 atom stereocenters. The standard InChI is InChI=1S/C18H16F2N2/c1-11(2)18-16-6-3-12(8-14(16)10-21-22-18)7-13-4-5-15(19)9-17(13)20/h3-6,8-11H,7H2,1-2H3. The first-order valence-electron chi connectivity index (χ1n) is 7.22. The Kier molecular flexibility index (Phi) is 3.84. The van der Waals surface area contributed by atoms with Gasteiger partial charge in [-0.25, -0.2) is 8.78 Å². The zero-order valence-corrected chi connectivity index (χ0v) is 12.5. The van der Waals surface area contributed by atoms with Gasteiger partial charge in [0.25, 0.3) is 0 Å². The van der Waals surface area contributed by atoms with E-state index in [1.165, 1.54) is 12.1 Å². The molecule has 1 aromatic heterocycles. The molecule has 0 saturated carbocycles. The fraction of sp³-hybridized carbons (Fsp3) is 0.222. The molecule has 0 aliphatic heterocycles. The quantitative estimate of drug-likeness (QED) is 0.705. The van der Waals surface area contributed by atoms with E-state index < -0.39 is 11.6 Å². The highest BCUT2D eigenvalue weighted by Gasteiger charge is 2.09. The molecule has 0 radical (unpaired) electrons. The summed E-state index contributed by atoms with van der Waals surface area (Å²) < 4.78 is 26.7. The van der Waals surface area contributed by atoms with Crippen molar-refractivity contribution in [3.05, 3.63) is 71.1 Å². The molecule has 0 saturated heterocycles. The number of hydrogen-bond donors (Lipinski definition) is 0. The van der Waals surface area contributed by atoms with Crippen molar-refractivity contribution >= 4 is 10.8 Å². The Bertz CT molecular complexity index is 828. The normalized spacial score (nSPS) is 11.3. The first-order chi connectivity index (χ1) is 10.5. The zero-order chi connectivity index (χ0) is 15.7. The highest BCUT2D eigenvalue weighted by atomic mass is 19.1. The summed E-state index contributed by atoms with van der Waals surface area (Å²) in [5.41, 5.74) is 2.39. The van der Waals surface area contributed by atoms with Gasteiger partial charge in [0.15, 0.2) is 0 Å². The monoisotopic (exact) mass is 298 g/mol. The summed E-state index contributed by atoms with van der Waals surface area (Å²) in [6, 6.07) is 9.62. The SMILES string of the molecule is CC(C)c1nncc2cc(Cc3ccc(F)cc3F)ccc12. The van der Waals surface area contributed by atoms with Gasteiger partial charge in [-0.2, -0.15) is 10.2 Å². The van der Waals surface area contributed by atoms with Crippen molar-refractivity contribution in [3.63, 3.8) is 0 Å². The van der Waals surface area contributed by atoms with E-state index in [2.05, 4.69) is 24.0 Å². The van der Waals surface area contributed by atoms with Crippen LogP contribution in [0.5, 0.6) is 0 Å². The average molecular weight is 298 g/mol. The Labute approximate surface area is 127 Å². The number of fused-ring (bicyclic) bond motifs is 1. The molecule has 0 aliphatic rings. The van der Waals surface area contributed by atoms with E-state index in [-0.39, 0.29) is 5.92 Å². The van der Waals surface area contributed by atoms with E-state index >= 15 is 0 Å². The Hall–Kier alpha value is -2.36. The van der Waals surface area contributed by atoms with Crippen molar-refractivity contribution in [2.75, 3.05) is 0 Å². The highest BCUT2D eigenvalue weighted by molar-refractivity contribution is 5.84. The molecule has 0 bridgehead atoms. The number of hydrogen-bond acceptors (Lipinski definition) is 2. The lowest BCUT2D eigenvalue weighted by Crippen LogP contribution is -1.98. The maximum atomic E-state index is 13.8. The Morgan fingerprint density at radius 3 is 2.59 bits per heavy atom. The molecule has 0 fully saturated rings. The van der Waals surface area contributed by atoms with Crippen LogP contribution >= 0.6 is 0 Å². The third-order valence-corrected chi connectivity index (χ3v) is 3.71. The molecule has 2 nitrogen and oxygen atoms in total. The molecule has 3 aromatic rings. The van der Waals surface area contributed by atoms with Crippen molar-refractivity contribution in [1.29, 1.82) is 0 Å². The molecule has 3 rings (SSSR count). The largest absolute Gasteiger partial charge is 0.207 e. The molecule has 1 heterocycles. The number of nitrogens with zero attached hydrogens (tertiary/aromatic N) is 2. The van der Waals surface area contributed by atoms with Gasteiger partial charge in [-0.3, -0.25) is 0 Å². The van der Waals surface area contributed by atoms with Crippen LogP contribution < -0.4 is 0 Å². The van der Waals surface area contributed by atoms with Crippen LogP contribution in [0.1, 0.15) is 36.6 Å². The predicted octanol–water partition coefficient (Wildman–Crippen LogP) is 4.62. The van der Waals surface area contributed by atoms with Gasteiger partial charge in [-0.05, 0) is 29.2 Å². The Morgan fingerprint density at radius 1 is 1.05 bits per heavy atom. The average Bonchev–Trinajstić information content (AvgIpc) is 2.49. The lowest BCUT2D eigenvalue weighted by Gasteiger charge is -2.09. The van der Waals surface area contributed by atoms with E-state index in [0.717, 1.165) is 28.1 Å². The van der Waals surface area contributed by atoms with Crippen LogP contribution in [0.25, 0.3) is 10.8 Å². The predicted molar refractivity (Wildman–Crippen MR) is 82.8 cm³/mol. The van der Waals surface area contributed by atoms with Gasteiger partial charge in [0.05, 0.1) is 11.9 Å². The lowest BCUT2D eigenvalue weighted by molar-refractivity contribution is 0.574. The third kappa shape index (κ3) is 2.82. The maximum absolute atomic E-state index is 13.8. The van der Waals surface area contributed by atoms with Crippen molar-refractivity contribution in [1.82, 2.24) is 10.2 Å². The van der Waals surface area contributed by atoms with E-state index in [0.29, 0.717) is 12.0 Å². The molecule has 2 aromatic carbocycles. The fourth-order valence-electron chi connectivity index (χ4n) is 2.58. The number of rotatable bonds is 3. The summed E-state index contributed by atoms with van der Waals surface area (Å²) in [5, 5.41) is 10.3. The van der Waals surface area contributed by atoms with E-state index in [4.69, 9.17) is 0 Å². The molecule has 0 amide bonds. The van der Waals surface area contributed by atoms with Gasteiger partial charge in [0.2, 0.25) is 0 Å². The molecular weight excluding hydrogens is 282 g/mol. The molecular formula is C18H16F2N2. The second-order valence-corrected chi connectivity index (χ2v) is 5.72. The van der Waals surface area contributed by atoms with Crippen molar-refractivity contribution in [3.8, 4) is 0 Å². The summed E-state index contributed by atoms with van der Waals surface area (Å²) in [4.78, 5) is 0. The number of aromatic nitrogens is 2. The summed E-state index contributed by atoms with van der Waals surface area (Å²) in [6.45, 7) is 4.15. The van der Waals surface area contributed by atoms with Gasteiger partial charge in [-0.15, -0.1) is 0 Å². The summed E-state index contributed by atoms with van der Waals surface area (Å²) in [5.74, 6) is -0.788. The minimum Gasteiger partial charge on any atom is -0.207 e. The van der Waals surface area contributed by atoms with Gasteiger partial charge in [-0.1, -0.05) is 32.0 Å². The minimum absolute atomic E-state index is 0.289. The topological polar surface area (TPSA) is 25.8 Å². The number of halogens is 2. The minimum atomic E-state index is -0.559. The fourth-order valence-corrected chi connectivity index (χ4v) is 2.58. The van der Waals surface area contributed by atoms with Crippen LogP contribution in [0, 0.1) is 11.6 Å². The van der Waals surface area contributed by atoms with Crippen molar-refractivity contribution in [2.24, 2.45) is 0 Å². The van der Waals surface area contributed by atoms with Crippen LogP contribution in [-0.2, 0) is 6.42 Å². The molecule has 0 unspecified atom stereocenters. The molecule has 22 heavy (non-hydrogen) atoms. The van der Waals surface area contributed by atoms with Gasteiger partial charge < -0.3 is 0 Å². The smallest absolute Gasteiger partial charge is 0.129 e. The van der Waals surface area contributed by atoms with Crippen LogP contribution in [0.2, 0.25) is 0 Å². The second kappa shape index (κ2) is 5.79. The van der Waals surface area contributed by atoms with E-state index in [1.807, 2.05) is 18.2 Å². The van der Waals surface area contributed by atoms with Gasteiger partial charge in [0.1, 0.15) is 11.6 Å². The number of benzene rings is 2.